The molecular weight excluding hydrogens is 490 g/mol. The van der Waals surface area contributed by atoms with Crippen molar-refractivity contribution in [3.63, 3.8) is 0 Å². The molecule has 3 aromatic heterocycles. The van der Waals surface area contributed by atoms with Crippen molar-refractivity contribution in [1.82, 2.24) is 25.2 Å². The van der Waals surface area contributed by atoms with E-state index in [1.165, 1.54) is 23.2 Å². The third-order valence-corrected chi connectivity index (χ3v) is 7.91. The number of carboxylic acids is 1. The molecule has 0 aromatic carbocycles. The SMILES string of the molecule is O=C(NCC(Nc1ncnc2sccc12)C(=O)O)C1CCCN(CCCc2ccc3c(n2)NCCC3)C1. The number of carbonyl (C=O) groups is 2. The van der Waals surface area contributed by atoms with E-state index >= 15 is 0 Å². The number of aromatic nitrogens is 3. The molecule has 0 spiro atoms. The van der Waals surface area contributed by atoms with Crippen LogP contribution in [0.1, 0.15) is 36.9 Å². The van der Waals surface area contributed by atoms with Gasteiger partial charge in [-0.15, -0.1) is 11.3 Å². The van der Waals surface area contributed by atoms with Crippen LogP contribution in [0.15, 0.2) is 29.9 Å². The molecule has 1 fully saturated rings. The Kier molecular flexibility index (Phi) is 8.10. The van der Waals surface area contributed by atoms with E-state index in [1.54, 1.807) is 0 Å². The molecule has 37 heavy (non-hydrogen) atoms. The van der Waals surface area contributed by atoms with Gasteiger partial charge in [0.2, 0.25) is 5.91 Å². The highest BCUT2D eigenvalue weighted by Crippen LogP contribution is 2.24. The molecule has 1 saturated heterocycles. The van der Waals surface area contributed by atoms with E-state index in [0.29, 0.717) is 12.4 Å². The minimum Gasteiger partial charge on any atom is -0.480 e. The van der Waals surface area contributed by atoms with Crippen LogP contribution in [0.5, 0.6) is 0 Å². The maximum absolute atomic E-state index is 12.9. The smallest absolute Gasteiger partial charge is 0.328 e. The molecule has 2 unspecified atom stereocenters. The number of hydrogen-bond acceptors (Lipinski definition) is 9. The van der Waals surface area contributed by atoms with Crippen molar-refractivity contribution in [3.8, 4) is 0 Å². The molecule has 10 nitrogen and oxygen atoms in total. The number of hydrogen-bond donors (Lipinski definition) is 4. The summed E-state index contributed by atoms with van der Waals surface area (Å²) >= 11 is 1.46. The van der Waals surface area contributed by atoms with E-state index in [0.717, 1.165) is 79.9 Å². The van der Waals surface area contributed by atoms with Gasteiger partial charge in [-0.2, -0.15) is 0 Å². The van der Waals surface area contributed by atoms with Crippen molar-refractivity contribution >= 4 is 45.1 Å². The van der Waals surface area contributed by atoms with Crippen LogP contribution < -0.4 is 16.0 Å². The summed E-state index contributed by atoms with van der Waals surface area (Å²) < 4.78 is 0. The summed E-state index contributed by atoms with van der Waals surface area (Å²) in [4.78, 5) is 41.1. The van der Waals surface area contributed by atoms with Crippen LogP contribution in [-0.2, 0) is 22.4 Å². The Bertz CT molecular complexity index is 1250. The predicted molar refractivity (Wildman–Crippen MR) is 144 cm³/mol. The molecule has 2 aliphatic rings. The number of nitrogens with one attached hydrogen (secondary N) is 3. The van der Waals surface area contributed by atoms with Gasteiger partial charge in [-0.25, -0.2) is 19.7 Å². The van der Waals surface area contributed by atoms with Crippen LogP contribution in [0.3, 0.4) is 0 Å². The number of aryl methyl sites for hydroxylation is 2. The van der Waals surface area contributed by atoms with Crippen LogP contribution in [0, 0.1) is 5.92 Å². The van der Waals surface area contributed by atoms with Gasteiger partial charge in [-0.3, -0.25) is 4.79 Å². The first-order valence-corrected chi connectivity index (χ1v) is 13.8. The summed E-state index contributed by atoms with van der Waals surface area (Å²) in [6.45, 7) is 3.56. The molecule has 4 N–H and O–H groups in total. The van der Waals surface area contributed by atoms with E-state index in [-0.39, 0.29) is 18.4 Å². The fraction of sp³-hybridized carbons (Fsp3) is 0.500. The number of likely N-dealkylation sites (tertiary alicyclic amines) is 1. The molecule has 5 rings (SSSR count). The summed E-state index contributed by atoms with van der Waals surface area (Å²) in [6, 6.07) is 5.20. The number of anilines is 2. The molecule has 0 aliphatic carbocycles. The second-order valence-corrected chi connectivity index (χ2v) is 10.6. The predicted octanol–water partition coefficient (Wildman–Crippen LogP) is 2.77. The fourth-order valence-electron chi connectivity index (χ4n) is 5.08. The lowest BCUT2D eigenvalue weighted by Crippen LogP contribution is -2.47. The Balaban J connectivity index is 1.09. The number of carbonyl (C=O) groups excluding carboxylic acids is 1. The van der Waals surface area contributed by atoms with Gasteiger partial charge in [0.15, 0.2) is 0 Å². The second kappa shape index (κ2) is 11.8. The number of carboxylic acid groups (broad SMARTS) is 1. The molecule has 5 heterocycles. The number of thiophene rings is 1. The quantitative estimate of drug-likeness (QED) is 0.317. The fourth-order valence-corrected chi connectivity index (χ4v) is 5.81. The molecule has 2 aliphatic heterocycles. The number of aliphatic carboxylic acids is 1. The molecule has 3 aromatic rings. The molecule has 0 bridgehead atoms. The maximum Gasteiger partial charge on any atom is 0.328 e. The zero-order valence-corrected chi connectivity index (χ0v) is 21.6. The van der Waals surface area contributed by atoms with Gasteiger partial charge >= 0.3 is 5.97 Å². The number of piperidine rings is 1. The van der Waals surface area contributed by atoms with E-state index in [4.69, 9.17) is 4.98 Å². The number of fused-ring (bicyclic) bond motifs is 2. The topological polar surface area (TPSA) is 132 Å². The highest BCUT2D eigenvalue weighted by Gasteiger charge is 2.27. The Morgan fingerprint density at radius 2 is 2.16 bits per heavy atom. The monoisotopic (exact) mass is 523 g/mol. The molecule has 0 saturated carbocycles. The second-order valence-electron chi connectivity index (χ2n) is 9.73. The number of pyridine rings is 1. The highest BCUT2D eigenvalue weighted by atomic mass is 32.1. The van der Waals surface area contributed by atoms with Crippen LogP contribution in [0.4, 0.5) is 11.6 Å². The minimum absolute atomic E-state index is 0.0155. The number of amides is 1. The van der Waals surface area contributed by atoms with Crippen molar-refractivity contribution in [2.75, 3.05) is 43.4 Å². The van der Waals surface area contributed by atoms with Crippen molar-refractivity contribution < 1.29 is 14.7 Å². The largest absolute Gasteiger partial charge is 0.480 e. The third-order valence-electron chi connectivity index (χ3n) is 7.09. The van der Waals surface area contributed by atoms with E-state index in [1.807, 2.05) is 11.4 Å². The molecular formula is C26H33N7O3S. The average Bonchev–Trinajstić information content (AvgIpc) is 3.41. The van der Waals surface area contributed by atoms with Crippen molar-refractivity contribution in [2.24, 2.45) is 5.92 Å². The van der Waals surface area contributed by atoms with Crippen molar-refractivity contribution in [2.45, 2.75) is 44.6 Å². The standard InChI is InChI=1S/C26H33N7O3S/c34-24(28-14-21(26(35)36)32-23-20-9-13-37-25(20)30-16-29-23)18-5-2-11-33(15-18)12-3-6-19-8-7-17-4-1-10-27-22(17)31-19/h7-9,13,16,18,21H,1-6,10-12,14-15H2,(H,27,31)(H,28,34)(H,35,36)(H,29,30,32). The zero-order valence-electron chi connectivity index (χ0n) is 20.8. The first-order valence-electron chi connectivity index (χ1n) is 13.0. The van der Waals surface area contributed by atoms with Gasteiger partial charge in [0.25, 0.3) is 0 Å². The Labute approximate surface area is 219 Å². The summed E-state index contributed by atoms with van der Waals surface area (Å²) in [6.07, 6.45) is 7.33. The van der Waals surface area contributed by atoms with Gasteiger partial charge in [0.1, 0.15) is 28.8 Å². The van der Waals surface area contributed by atoms with Gasteiger partial charge in [0, 0.05) is 25.3 Å². The normalized spacial score (nSPS) is 18.5. The molecule has 0 radical (unpaired) electrons. The van der Waals surface area contributed by atoms with Gasteiger partial charge in [-0.05, 0) is 74.7 Å². The Morgan fingerprint density at radius 3 is 3.05 bits per heavy atom. The average molecular weight is 524 g/mol. The zero-order chi connectivity index (χ0) is 25.6. The van der Waals surface area contributed by atoms with Crippen LogP contribution in [0.2, 0.25) is 0 Å². The van der Waals surface area contributed by atoms with E-state index in [9.17, 15) is 14.7 Å². The summed E-state index contributed by atoms with van der Waals surface area (Å²) in [5.74, 6) is 0.215. The van der Waals surface area contributed by atoms with Gasteiger partial charge < -0.3 is 26.0 Å². The molecule has 196 valence electrons. The third kappa shape index (κ3) is 6.34. The van der Waals surface area contributed by atoms with Crippen LogP contribution in [-0.4, -0.2) is 75.6 Å². The molecule has 11 heteroatoms. The van der Waals surface area contributed by atoms with Gasteiger partial charge in [-0.1, -0.05) is 6.07 Å². The Hall–Kier alpha value is -3.31. The molecule has 1 amide bonds. The van der Waals surface area contributed by atoms with Gasteiger partial charge in [0.05, 0.1) is 11.3 Å². The van der Waals surface area contributed by atoms with Crippen LogP contribution in [0.25, 0.3) is 10.2 Å². The minimum atomic E-state index is -1.04. The summed E-state index contributed by atoms with van der Waals surface area (Å²) in [5.41, 5.74) is 2.41. The Morgan fingerprint density at radius 1 is 1.24 bits per heavy atom. The number of rotatable bonds is 10. The first kappa shape index (κ1) is 25.3. The van der Waals surface area contributed by atoms with E-state index in [2.05, 4.69) is 43.0 Å². The lowest BCUT2D eigenvalue weighted by atomic mass is 9.96. The molecule has 2 atom stereocenters. The maximum atomic E-state index is 12.9. The summed E-state index contributed by atoms with van der Waals surface area (Å²) in [5, 5.41) is 21.6. The van der Waals surface area contributed by atoms with Crippen LogP contribution >= 0.6 is 11.3 Å². The lowest BCUT2D eigenvalue weighted by Gasteiger charge is -2.32. The lowest BCUT2D eigenvalue weighted by molar-refractivity contribution is -0.138. The highest BCUT2D eigenvalue weighted by molar-refractivity contribution is 7.16. The summed E-state index contributed by atoms with van der Waals surface area (Å²) in [7, 11) is 0. The van der Waals surface area contributed by atoms with Crippen molar-refractivity contribution in [3.05, 3.63) is 41.2 Å². The first-order chi connectivity index (χ1) is 18.1. The van der Waals surface area contributed by atoms with Crippen molar-refractivity contribution in [1.29, 1.82) is 0 Å². The number of nitrogens with zero attached hydrogens (tertiary/aromatic N) is 4. The van der Waals surface area contributed by atoms with E-state index < -0.39 is 12.0 Å².